The van der Waals surface area contributed by atoms with E-state index in [-0.39, 0.29) is 17.2 Å². The molecule has 10 nitrogen and oxygen atoms in total. The number of aliphatic carboxylic acids is 1. The highest BCUT2D eigenvalue weighted by molar-refractivity contribution is 5.75. The van der Waals surface area contributed by atoms with Gasteiger partial charge in [0, 0.05) is 40.1 Å². The summed E-state index contributed by atoms with van der Waals surface area (Å²) in [5.41, 5.74) is 0. The first-order chi connectivity index (χ1) is 13.8. The van der Waals surface area contributed by atoms with Crippen LogP contribution in [0.4, 0.5) is 18.0 Å². The van der Waals surface area contributed by atoms with Crippen LogP contribution in [0.2, 0.25) is 0 Å². The minimum atomic E-state index is -5.08. The molecular formula is C17H21F3N2O8. The Morgan fingerprint density at radius 2 is 1.53 bits per heavy atom. The molecule has 0 heterocycles. The number of likely N-dealkylation sites (N-methyl/N-ethyl adjacent to an activating group) is 2. The van der Waals surface area contributed by atoms with Crippen LogP contribution in [0.3, 0.4) is 0 Å². The first-order valence-electron chi connectivity index (χ1n) is 8.16. The molecule has 1 aromatic carbocycles. The molecule has 0 bridgehead atoms. The molecule has 0 fully saturated rings. The van der Waals surface area contributed by atoms with Crippen LogP contribution in [0.1, 0.15) is 13.8 Å². The van der Waals surface area contributed by atoms with Gasteiger partial charge in [-0.25, -0.2) is 9.59 Å². The van der Waals surface area contributed by atoms with Crippen LogP contribution in [0.15, 0.2) is 18.2 Å². The predicted molar refractivity (Wildman–Crippen MR) is 95.3 cm³/mol. The third-order valence-electron chi connectivity index (χ3n) is 2.88. The number of hydrogen-bond acceptors (Lipinski definition) is 8. The van der Waals surface area contributed by atoms with Crippen molar-refractivity contribution >= 4 is 24.0 Å². The van der Waals surface area contributed by atoms with Crippen LogP contribution < -0.4 is 19.5 Å². The standard InChI is InChI=1S/C15H20N2O6.C2HF3O2/c1-10(18)21-13-6-5-12(9-14(13)22-11(2)19)23-15(20)17(4)8-7-16-3;3-2(4,5)1(6)7/h5-6,9,16H,7-8H2,1-4H3;(H,6,7). The number of alkyl halides is 3. The summed E-state index contributed by atoms with van der Waals surface area (Å²) < 4.78 is 46.8. The Hall–Kier alpha value is -3.35. The number of ether oxygens (including phenoxy) is 3. The van der Waals surface area contributed by atoms with Crippen molar-refractivity contribution in [2.24, 2.45) is 0 Å². The fourth-order valence-corrected chi connectivity index (χ4v) is 1.58. The van der Waals surface area contributed by atoms with Gasteiger partial charge < -0.3 is 29.5 Å². The Balaban J connectivity index is 0.00000103. The summed E-state index contributed by atoms with van der Waals surface area (Å²) in [4.78, 5) is 44.4. The lowest BCUT2D eigenvalue weighted by Crippen LogP contribution is -2.34. The van der Waals surface area contributed by atoms with Gasteiger partial charge in [0.2, 0.25) is 0 Å². The topological polar surface area (TPSA) is 131 Å². The van der Waals surface area contributed by atoms with E-state index in [2.05, 4.69) is 5.32 Å². The summed E-state index contributed by atoms with van der Waals surface area (Å²) in [6, 6.07) is 4.13. The van der Waals surface area contributed by atoms with Crippen molar-refractivity contribution in [2.75, 3.05) is 27.2 Å². The number of carboxylic acid groups (broad SMARTS) is 1. The zero-order valence-electron chi connectivity index (χ0n) is 16.5. The van der Waals surface area contributed by atoms with Gasteiger partial charge in [-0.1, -0.05) is 0 Å². The van der Waals surface area contributed by atoms with Gasteiger partial charge in [-0.15, -0.1) is 0 Å². The second-order valence-electron chi connectivity index (χ2n) is 5.49. The Morgan fingerprint density at radius 1 is 1.03 bits per heavy atom. The molecule has 0 saturated heterocycles. The number of hydrogen-bond donors (Lipinski definition) is 2. The number of nitrogens with one attached hydrogen (secondary N) is 1. The summed E-state index contributed by atoms with van der Waals surface area (Å²) >= 11 is 0. The molecule has 13 heteroatoms. The molecule has 1 rings (SSSR count). The quantitative estimate of drug-likeness (QED) is 0.504. The summed E-state index contributed by atoms with van der Waals surface area (Å²) in [7, 11) is 3.37. The summed E-state index contributed by atoms with van der Waals surface area (Å²) in [6.07, 6.45) is -5.64. The van der Waals surface area contributed by atoms with Crippen molar-refractivity contribution in [3.8, 4) is 17.2 Å². The molecule has 0 spiro atoms. The fourth-order valence-electron chi connectivity index (χ4n) is 1.58. The van der Waals surface area contributed by atoms with E-state index < -0.39 is 30.2 Å². The minimum Gasteiger partial charge on any atom is -0.475 e. The average Bonchev–Trinajstić information content (AvgIpc) is 2.60. The molecule has 0 saturated carbocycles. The number of benzene rings is 1. The zero-order chi connectivity index (χ0) is 23.5. The molecule has 168 valence electrons. The van der Waals surface area contributed by atoms with Gasteiger partial charge in [0.15, 0.2) is 11.5 Å². The number of esters is 2. The van der Waals surface area contributed by atoms with Gasteiger partial charge in [-0.3, -0.25) is 9.59 Å². The number of halogens is 3. The molecular weight excluding hydrogens is 417 g/mol. The Morgan fingerprint density at radius 3 is 1.97 bits per heavy atom. The third-order valence-corrected chi connectivity index (χ3v) is 2.88. The maximum absolute atomic E-state index is 11.9. The lowest BCUT2D eigenvalue weighted by Gasteiger charge is -2.17. The molecule has 0 aliphatic carbocycles. The third kappa shape index (κ3) is 10.8. The molecule has 0 aliphatic rings. The monoisotopic (exact) mass is 438 g/mol. The van der Waals surface area contributed by atoms with E-state index >= 15 is 0 Å². The second-order valence-corrected chi connectivity index (χ2v) is 5.49. The number of nitrogens with zero attached hydrogens (tertiary/aromatic N) is 1. The first-order valence-corrected chi connectivity index (χ1v) is 8.16. The van der Waals surface area contributed by atoms with Crippen molar-refractivity contribution in [2.45, 2.75) is 20.0 Å². The molecule has 0 unspecified atom stereocenters. The Kier molecular flexibility index (Phi) is 10.9. The van der Waals surface area contributed by atoms with E-state index in [4.69, 9.17) is 24.1 Å². The molecule has 30 heavy (non-hydrogen) atoms. The second kappa shape index (κ2) is 12.3. The first kappa shape index (κ1) is 26.6. The Labute approximate surface area is 169 Å². The van der Waals surface area contributed by atoms with E-state index in [1.807, 2.05) is 0 Å². The zero-order valence-corrected chi connectivity index (χ0v) is 16.5. The smallest absolute Gasteiger partial charge is 0.475 e. The normalized spacial score (nSPS) is 10.2. The summed E-state index contributed by atoms with van der Waals surface area (Å²) in [5.74, 6) is -3.68. The molecule has 1 aromatic rings. The molecule has 1 amide bonds. The highest BCUT2D eigenvalue weighted by Gasteiger charge is 2.38. The van der Waals surface area contributed by atoms with Crippen molar-refractivity contribution in [1.29, 1.82) is 0 Å². The van der Waals surface area contributed by atoms with Gasteiger partial charge >= 0.3 is 30.2 Å². The van der Waals surface area contributed by atoms with Gasteiger partial charge in [0.05, 0.1) is 0 Å². The number of rotatable bonds is 6. The molecule has 0 radical (unpaired) electrons. The largest absolute Gasteiger partial charge is 0.490 e. The molecule has 0 aromatic heterocycles. The van der Waals surface area contributed by atoms with Crippen molar-refractivity contribution in [3.05, 3.63) is 18.2 Å². The predicted octanol–water partition coefficient (Wildman–Crippen LogP) is 1.82. The molecule has 0 atom stereocenters. The van der Waals surface area contributed by atoms with Crippen LogP contribution in [-0.2, 0) is 14.4 Å². The number of carbonyl (C=O) groups is 4. The van der Waals surface area contributed by atoms with Crippen molar-refractivity contribution in [3.63, 3.8) is 0 Å². The maximum atomic E-state index is 11.9. The maximum Gasteiger partial charge on any atom is 0.490 e. The number of carbonyl (C=O) groups excluding carboxylic acids is 3. The molecule has 2 N–H and O–H groups in total. The van der Waals surface area contributed by atoms with Gasteiger partial charge in [-0.2, -0.15) is 13.2 Å². The van der Waals surface area contributed by atoms with Crippen LogP contribution in [0, 0.1) is 0 Å². The van der Waals surface area contributed by atoms with E-state index in [1.165, 1.54) is 36.9 Å². The van der Waals surface area contributed by atoms with Crippen LogP contribution >= 0.6 is 0 Å². The highest BCUT2D eigenvalue weighted by Crippen LogP contribution is 2.32. The molecule has 0 aliphatic heterocycles. The minimum absolute atomic E-state index is 0.00382. The summed E-state index contributed by atoms with van der Waals surface area (Å²) in [6.45, 7) is 3.53. The SMILES string of the molecule is CNCCN(C)C(=O)Oc1ccc(OC(C)=O)c(OC(C)=O)c1.O=C(O)C(F)(F)F. The highest BCUT2D eigenvalue weighted by atomic mass is 19.4. The van der Waals surface area contributed by atoms with Crippen molar-refractivity contribution in [1.82, 2.24) is 10.2 Å². The van der Waals surface area contributed by atoms with Crippen LogP contribution in [0.25, 0.3) is 0 Å². The van der Waals surface area contributed by atoms with Crippen molar-refractivity contribution < 1.29 is 51.7 Å². The van der Waals surface area contributed by atoms with Crippen LogP contribution in [-0.4, -0.2) is 67.4 Å². The van der Waals surface area contributed by atoms with E-state index in [0.29, 0.717) is 13.1 Å². The number of carboxylic acids is 1. The van der Waals surface area contributed by atoms with Gasteiger partial charge in [0.25, 0.3) is 0 Å². The lowest BCUT2D eigenvalue weighted by molar-refractivity contribution is -0.192. The van der Waals surface area contributed by atoms with Gasteiger partial charge in [0.1, 0.15) is 5.75 Å². The van der Waals surface area contributed by atoms with E-state index in [9.17, 15) is 27.6 Å². The van der Waals surface area contributed by atoms with E-state index in [1.54, 1.807) is 14.1 Å². The fraction of sp³-hybridized carbons (Fsp3) is 0.412. The number of amides is 1. The average molecular weight is 438 g/mol. The van der Waals surface area contributed by atoms with Gasteiger partial charge in [-0.05, 0) is 19.2 Å². The Bertz CT molecular complexity index is 768. The van der Waals surface area contributed by atoms with Crippen LogP contribution in [0.5, 0.6) is 17.2 Å². The summed E-state index contributed by atoms with van der Waals surface area (Å²) in [5, 5.41) is 10.0. The lowest BCUT2D eigenvalue weighted by atomic mass is 10.3. The van der Waals surface area contributed by atoms with E-state index in [0.717, 1.165) is 0 Å².